The van der Waals surface area contributed by atoms with Crippen molar-refractivity contribution < 1.29 is 9.21 Å². The van der Waals surface area contributed by atoms with Crippen molar-refractivity contribution in [2.75, 3.05) is 18.0 Å². The Morgan fingerprint density at radius 1 is 1.23 bits per heavy atom. The molecule has 1 aliphatic heterocycles. The van der Waals surface area contributed by atoms with Crippen molar-refractivity contribution in [3.8, 4) is 0 Å². The number of hydrogen-bond acceptors (Lipinski definition) is 4. The molecule has 0 aliphatic carbocycles. The molecule has 0 aromatic carbocycles. The topological polar surface area (TPSA) is 70.4 Å². The van der Waals surface area contributed by atoms with Crippen LogP contribution in [0.5, 0.6) is 0 Å². The van der Waals surface area contributed by atoms with Crippen LogP contribution in [0.1, 0.15) is 43.9 Å². The van der Waals surface area contributed by atoms with Crippen molar-refractivity contribution in [1.29, 1.82) is 0 Å². The monoisotopic (exact) mass is 356 g/mol. The maximum Gasteiger partial charge on any atom is 0.315 e. The maximum absolute atomic E-state index is 12.0. The Morgan fingerprint density at radius 2 is 2.04 bits per heavy atom. The fourth-order valence-corrected chi connectivity index (χ4v) is 3.25. The molecule has 1 unspecified atom stereocenters. The summed E-state index contributed by atoms with van der Waals surface area (Å²) in [6.07, 6.45) is 9.27. The molecule has 2 aromatic heterocycles. The molecule has 2 aromatic rings. The summed E-state index contributed by atoms with van der Waals surface area (Å²) in [5, 5.41) is 5.80. The second-order valence-corrected chi connectivity index (χ2v) is 6.94. The normalized spacial score (nSPS) is 16.0. The van der Waals surface area contributed by atoms with Crippen LogP contribution < -0.4 is 15.5 Å². The lowest BCUT2D eigenvalue weighted by atomic mass is 10.2. The Balaban J connectivity index is 1.43. The molecular weight excluding hydrogens is 328 g/mol. The Kier molecular flexibility index (Phi) is 6.52. The third kappa shape index (κ3) is 5.51. The number of urea groups is 1. The lowest BCUT2D eigenvalue weighted by Gasteiger charge is -2.21. The van der Waals surface area contributed by atoms with E-state index in [0.717, 1.165) is 30.2 Å². The van der Waals surface area contributed by atoms with Crippen LogP contribution in [0.3, 0.4) is 0 Å². The van der Waals surface area contributed by atoms with Gasteiger partial charge in [0.1, 0.15) is 11.6 Å². The van der Waals surface area contributed by atoms with Crippen molar-refractivity contribution in [2.24, 2.45) is 0 Å². The number of rotatable bonds is 6. The van der Waals surface area contributed by atoms with Crippen LogP contribution in [0.2, 0.25) is 0 Å². The van der Waals surface area contributed by atoms with E-state index in [1.165, 1.54) is 25.7 Å². The minimum Gasteiger partial charge on any atom is -0.469 e. The fraction of sp³-hybridized carbons (Fsp3) is 0.500. The fourth-order valence-electron chi connectivity index (χ4n) is 3.25. The van der Waals surface area contributed by atoms with E-state index in [1.807, 2.05) is 31.3 Å². The molecule has 0 spiro atoms. The van der Waals surface area contributed by atoms with Crippen LogP contribution in [-0.4, -0.2) is 30.1 Å². The van der Waals surface area contributed by atoms with Crippen LogP contribution in [0.4, 0.5) is 10.6 Å². The number of anilines is 1. The molecule has 1 aliphatic rings. The van der Waals surface area contributed by atoms with E-state index < -0.39 is 0 Å². The van der Waals surface area contributed by atoms with E-state index in [9.17, 15) is 4.79 Å². The van der Waals surface area contributed by atoms with Gasteiger partial charge in [0.25, 0.3) is 0 Å². The number of furan rings is 1. The van der Waals surface area contributed by atoms with Gasteiger partial charge in [0.15, 0.2) is 0 Å². The number of carbonyl (C=O) groups excluding carboxylic acids is 1. The molecule has 3 heterocycles. The van der Waals surface area contributed by atoms with Crippen LogP contribution in [0.25, 0.3) is 0 Å². The van der Waals surface area contributed by atoms with E-state index in [1.54, 1.807) is 6.26 Å². The van der Waals surface area contributed by atoms with E-state index in [2.05, 4.69) is 26.6 Å². The first-order chi connectivity index (χ1) is 12.7. The molecule has 2 N–H and O–H groups in total. The summed E-state index contributed by atoms with van der Waals surface area (Å²) in [5.74, 6) is 1.90. The maximum atomic E-state index is 12.0. The van der Waals surface area contributed by atoms with Crippen LogP contribution in [-0.2, 0) is 13.0 Å². The highest BCUT2D eigenvalue weighted by atomic mass is 16.3. The van der Waals surface area contributed by atoms with Crippen molar-refractivity contribution in [3.05, 3.63) is 48.0 Å². The molecule has 140 valence electrons. The van der Waals surface area contributed by atoms with Gasteiger partial charge in [-0.05, 0) is 43.5 Å². The molecule has 6 heteroatoms. The average Bonchev–Trinajstić information content (AvgIpc) is 2.99. The summed E-state index contributed by atoms with van der Waals surface area (Å²) >= 11 is 0. The quantitative estimate of drug-likeness (QED) is 0.831. The van der Waals surface area contributed by atoms with Crippen LogP contribution in [0, 0.1) is 0 Å². The molecule has 3 rings (SSSR count). The summed E-state index contributed by atoms with van der Waals surface area (Å²) < 4.78 is 5.30. The minimum absolute atomic E-state index is 0.00434. The lowest BCUT2D eigenvalue weighted by Crippen LogP contribution is -2.41. The number of pyridine rings is 1. The first-order valence-electron chi connectivity index (χ1n) is 9.47. The number of carbonyl (C=O) groups is 1. The second kappa shape index (κ2) is 9.27. The average molecular weight is 356 g/mol. The number of aromatic nitrogens is 1. The molecule has 6 nitrogen and oxygen atoms in total. The molecule has 0 radical (unpaired) electrons. The van der Waals surface area contributed by atoms with Crippen molar-refractivity contribution >= 4 is 11.8 Å². The van der Waals surface area contributed by atoms with Gasteiger partial charge in [-0.1, -0.05) is 18.9 Å². The van der Waals surface area contributed by atoms with E-state index >= 15 is 0 Å². The zero-order chi connectivity index (χ0) is 18.2. The van der Waals surface area contributed by atoms with Gasteiger partial charge in [-0.25, -0.2) is 9.78 Å². The van der Waals surface area contributed by atoms with Gasteiger partial charge < -0.3 is 20.0 Å². The number of amides is 2. The van der Waals surface area contributed by atoms with Gasteiger partial charge in [0.2, 0.25) is 0 Å². The van der Waals surface area contributed by atoms with Gasteiger partial charge in [-0.3, -0.25) is 0 Å². The molecule has 0 saturated carbocycles. The lowest BCUT2D eigenvalue weighted by molar-refractivity contribution is 0.237. The standard InChI is InChI=1S/C20H28N4O2/c1-16(13-18-7-6-12-26-18)23-20(25)22-15-17-8-9-19(21-14-17)24-10-4-2-3-5-11-24/h6-9,12,14,16H,2-5,10-11,13,15H2,1H3,(H2,22,23,25). The van der Waals surface area contributed by atoms with E-state index in [4.69, 9.17) is 4.42 Å². The van der Waals surface area contributed by atoms with Gasteiger partial charge in [-0.2, -0.15) is 0 Å². The Hall–Kier alpha value is -2.50. The number of hydrogen-bond donors (Lipinski definition) is 2. The molecule has 1 atom stereocenters. The molecule has 26 heavy (non-hydrogen) atoms. The zero-order valence-corrected chi connectivity index (χ0v) is 15.4. The molecule has 2 amide bonds. The summed E-state index contributed by atoms with van der Waals surface area (Å²) in [7, 11) is 0. The first-order valence-corrected chi connectivity index (χ1v) is 9.47. The van der Waals surface area contributed by atoms with Crippen LogP contribution >= 0.6 is 0 Å². The highest BCUT2D eigenvalue weighted by molar-refractivity contribution is 5.74. The van der Waals surface area contributed by atoms with Crippen molar-refractivity contribution in [1.82, 2.24) is 15.6 Å². The highest BCUT2D eigenvalue weighted by Gasteiger charge is 2.12. The van der Waals surface area contributed by atoms with Gasteiger partial charge in [0, 0.05) is 38.3 Å². The van der Waals surface area contributed by atoms with Gasteiger partial charge in [0.05, 0.1) is 6.26 Å². The largest absolute Gasteiger partial charge is 0.469 e. The third-order valence-corrected chi connectivity index (χ3v) is 4.66. The zero-order valence-electron chi connectivity index (χ0n) is 15.4. The molecule has 1 saturated heterocycles. The molecule has 0 bridgehead atoms. The van der Waals surface area contributed by atoms with E-state index in [-0.39, 0.29) is 12.1 Å². The Labute approximate surface area is 155 Å². The Bertz CT molecular complexity index is 662. The van der Waals surface area contributed by atoms with E-state index in [0.29, 0.717) is 13.0 Å². The summed E-state index contributed by atoms with van der Waals surface area (Å²) in [6, 6.07) is 7.68. The van der Waals surface area contributed by atoms with Crippen molar-refractivity contribution in [2.45, 2.75) is 51.6 Å². The van der Waals surface area contributed by atoms with Gasteiger partial charge >= 0.3 is 6.03 Å². The molecule has 1 fully saturated rings. The smallest absolute Gasteiger partial charge is 0.315 e. The number of nitrogens with one attached hydrogen (secondary N) is 2. The third-order valence-electron chi connectivity index (χ3n) is 4.66. The van der Waals surface area contributed by atoms with Crippen molar-refractivity contribution in [3.63, 3.8) is 0 Å². The summed E-state index contributed by atoms with van der Waals surface area (Å²) in [4.78, 5) is 19.0. The predicted molar refractivity (Wildman–Crippen MR) is 102 cm³/mol. The number of nitrogens with zero attached hydrogens (tertiary/aromatic N) is 2. The second-order valence-electron chi connectivity index (χ2n) is 6.94. The van der Waals surface area contributed by atoms with Gasteiger partial charge in [-0.15, -0.1) is 0 Å². The first kappa shape index (κ1) is 18.3. The summed E-state index contributed by atoms with van der Waals surface area (Å²) in [6.45, 7) is 4.59. The summed E-state index contributed by atoms with van der Waals surface area (Å²) in [5.41, 5.74) is 0.998. The molecular formula is C20H28N4O2. The highest BCUT2D eigenvalue weighted by Crippen LogP contribution is 2.17. The predicted octanol–water partition coefficient (Wildman–Crippen LogP) is 3.49. The Morgan fingerprint density at radius 3 is 2.69 bits per heavy atom. The van der Waals surface area contributed by atoms with Crippen LogP contribution in [0.15, 0.2) is 41.1 Å². The minimum atomic E-state index is -0.180. The SMILES string of the molecule is CC(Cc1ccco1)NC(=O)NCc1ccc(N2CCCCCC2)nc1.